The molecule has 0 spiro atoms. The van der Waals surface area contributed by atoms with Crippen LogP contribution in [0.15, 0.2) is 40.5 Å². The number of carbonyl (C=O) groups excluding carboxylic acids is 1. The molecule has 1 aliphatic rings. The van der Waals surface area contributed by atoms with E-state index in [1.807, 2.05) is 31.2 Å². The van der Waals surface area contributed by atoms with Gasteiger partial charge >= 0.3 is 6.18 Å². The Labute approximate surface area is 173 Å². The Morgan fingerprint density at radius 2 is 1.97 bits per heavy atom. The molecule has 1 aromatic carbocycles. The van der Waals surface area contributed by atoms with E-state index in [0.29, 0.717) is 10.4 Å². The predicted octanol–water partition coefficient (Wildman–Crippen LogP) is 4.21. The van der Waals surface area contributed by atoms with Gasteiger partial charge in [0.2, 0.25) is 5.91 Å². The Bertz CT molecular complexity index is 1150. The largest absolute Gasteiger partial charge is 0.421 e. The van der Waals surface area contributed by atoms with Gasteiger partial charge in [-0.25, -0.2) is 9.67 Å². The fourth-order valence-electron chi connectivity index (χ4n) is 2.93. The highest BCUT2D eigenvalue weighted by Crippen LogP contribution is 2.40. The van der Waals surface area contributed by atoms with Crippen molar-refractivity contribution in [3.63, 3.8) is 0 Å². The molecule has 4 rings (SSSR count). The third kappa shape index (κ3) is 4.43. The first kappa shape index (κ1) is 20.3. The Morgan fingerprint density at radius 3 is 2.60 bits per heavy atom. The average molecular weight is 434 g/mol. The van der Waals surface area contributed by atoms with Crippen LogP contribution in [0.2, 0.25) is 0 Å². The smallest absolute Gasteiger partial charge is 0.300 e. The molecule has 10 heteroatoms. The quantitative estimate of drug-likeness (QED) is 0.653. The average Bonchev–Trinajstić information content (AvgIpc) is 3.42. The number of benzene rings is 1. The summed E-state index contributed by atoms with van der Waals surface area (Å²) in [7, 11) is 0. The number of carbonyl (C=O) groups is 1. The number of hydrogen-bond donors (Lipinski definition) is 1. The molecule has 1 N–H and O–H groups in total. The van der Waals surface area contributed by atoms with Gasteiger partial charge in [0.05, 0.1) is 11.4 Å². The van der Waals surface area contributed by atoms with E-state index in [1.54, 1.807) is 5.38 Å². The molecule has 156 valence electrons. The van der Waals surface area contributed by atoms with Gasteiger partial charge in [0.1, 0.15) is 12.1 Å². The topological polar surface area (TPSA) is 76.9 Å². The molecule has 0 aliphatic heterocycles. The van der Waals surface area contributed by atoms with Crippen molar-refractivity contribution in [1.82, 2.24) is 14.8 Å². The SMILES string of the molecule is Cc1ccc(-c2csc(NC(=O)Cn3nc(C4CC4)cc(C(F)(F)F)c3=O)n2)cc1. The van der Waals surface area contributed by atoms with Crippen LogP contribution in [0.4, 0.5) is 18.3 Å². The summed E-state index contributed by atoms with van der Waals surface area (Å²) in [5.74, 6) is -0.771. The van der Waals surface area contributed by atoms with Gasteiger partial charge in [-0.15, -0.1) is 11.3 Å². The summed E-state index contributed by atoms with van der Waals surface area (Å²) in [5.41, 5.74) is 0.199. The number of nitrogens with one attached hydrogen (secondary N) is 1. The second-order valence-electron chi connectivity index (χ2n) is 7.17. The maximum atomic E-state index is 13.2. The van der Waals surface area contributed by atoms with Crippen molar-refractivity contribution < 1.29 is 18.0 Å². The van der Waals surface area contributed by atoms with Gasteiger partial charge in [-0.2, -0.15) is 18.3 Å². The summed E-state index contributed by atoms with van der Waals surface area (Å²) in [6, 6.07) is 8.48. The molecule has 1 saturated carbocycles. The zero-order valence-corrected chi connectivity index (χ0v) is 16.7. The van der Waals surface area contributed by atoms with Crippen LogP contribution in [-0.4, -0.2) is 20.7 Å². The standard InChI is InChI=1S/C20H17F3N4O2S/c1-11-2-4-13(5-3-11)16-10-30-19(24-16)25-17(28)9-27-18(29)14(20(21,22)23)8-15(26-27)12-6-7-12/h2-5,8,10,12H,6-7,9H2,1H3,(H,24,25,28). The Morgan fingerprint density at radius 1 is 1.27 bits per heavy atom. The van der Waals surface area contributed by atoms with Gasteiger partial charge < -0.3 is 5.32 Å². The highest BCUT2D eigenvalue weighted by molar-refractivity contribution is 7.14. The number of nitrogens with zero attached hydrogens (tertiary/aromatic N) is 3. The lowest BCUT2D eigenvalue weighted by Crippen LogP contribution is -2.35. The molecule has 0 radical (unpaired) electrons. The Balaban J connectivity index is 1.52. The Hall–Kier alpha value is -3.01. The number of thiazole rings is 1. The van der Waals surface area contributed by atoms with Crippen LogP contribution in [0.1, 0.15) is 35.6 Å². The molecule has 3 aromatic rings. The van der Waals surface area contributed by atoms with Crippen LogP contribution in [0.25, 0.3) is 11.3 Å². The molecule has 30 heavy (non-hydrogen) atoms. The summed E-state index contributed by atoms with van der Waals surface area (Å²) in [6.07, 6.45) is -3.37. The van der Waals surface area contributed by atoms with E-state index in [0.717, 1.165) is 30.0 Å². The fourth-order valence-corrected chi connectivity index (χ4v) is 3.67. The summed E-state index contributed by atoms with van der Waals surface area (Å²) in [6.45, 7) is 1.34. The first-order valence-corrected chi connectivity index (χ1v) is 10.1. The van der Waals surface area contributed by atoms with Crippen molar-refractivity contribution >= 4 is 22.4 Å². The van der Waals surface area contributed by atoms with E-state index in [4.69, 9.17) is 0 Å². The molecule has 0 atom stereocenters. The maximum Gasteiger partial charge on any atom is 0.421 e. The van der Waals surface area contributed by atoms with E-state index in [2.05, 4.69) is 15.4 Å². The van der Waals surface area contributed by atoms with Gasteiger partial charge in [-0.3, -0.25) is 9.59 Å². The van der Waals surface area contributed by atoms with Gasteiger partial charge in [0.15, 0.2) is 5.13 Å². The molecule has 2 heterocycles. The molecule has 2 aromatic heterocycles. The minimum Gasteiger partial charge on any atom is -0.300 e. The molecule has 1 amide bonds. The lowest BCUT2D eigenvalue weighted by Gasteiger charge is -2.12. The first-order valence-electron chi connectivity index (χ1n) is 9.22. The third-order valence-corrected chi connectivity index (χ3v) is 5.44. The third-order valence-electron chi connectivity index (χ3n) is 4.69. The molecule has 0 saturated heterocycles. The zero-order chi connectivity index (χ0) is 21.5. The number of amides is 1. The van der Waals surface area contributed by atoms with Crippen LogP contribution in [0, 0.1) is 6.92 Å². The van der Waals surface area contributed by atoms with Crippen molar-refractivity contribution in [1.29, 1.82) is 0 Å². The fraction of sp³-hybridized carbons (Fsp3) is 0.300. The van der Waals surface area contributed by atoms with Gasteiger partial charge in [-0.05, 0) is 25.8 Å². The van der Waals surface area contributed by atoms with Crippen molar-refractivity contribution in [2.45, 2.75) is 38.4 Å². The minimum absolute atomic E-state index is 0.1000. The Kier molecular flexibility index (Phi) is 5.19. The number of alkyl halides is 3. The zero-order valence-electron chi connectivity index (χ0n) is 15.9. The van der Waals surface area contributed by atoms with Crippen LogP contribution in [0.5, 0.6) is 0 Å². The lowest BCUT2D eigenvalue weighted by atomic mass is 10.1. The van der Waals surface area contributed by atoms with Crippen molar-refractivity contribution in [2.24, 2.45) is 0 Å². The molecule has 0 unspecified atom stereocenters. The first-order chi connectivity index (χ1) is 14.2. The maximum absolute atomic E-state index is 13.2. The van der Waals surface area contributed by atoms with Crippen molar-refractivity contribution in [3.8, 4) is 11.3 Å². The van der Waals surface area contributed by atoms with Gasteiger partial charge in [0.25, 0.3) is 5.56 Å². The second kappa shape index (κ2) is 7.67. The molecule has 1 fully saturated rings. The highest BCUT2D eigenvalue weighted by atomic mass is 32.1. The lowest BCUT2D eigenvalue weighted by molar-refractivity contribution is -0.139. The molecular weight excluding hydrogens is 417 g/mol. The van der Waals surface area contributed by atoms with E-state index in [-0.39, 0.29) is 16.7 Å². The molecule has 1 aliphatic carbocycles. The van der Waals surface area contributed by atoms with Crippen LogP contribution >= 0.6 is 11.3 Å². The monoisotopic (exact) mass is 434 g/mol. The summed E-state index contributed by atoms with van der Waals surface area (Å²) < 4.78 is 40.2. The number of hydrogen-bond acceptors (Lipinski definition) is 5. The number of rotatable bonds is 5. The molecular formula is C20H17F3N4O2S. The van der Waals surface area contributed by atoms with Crippen LogP contribution in [0.3, 0.4) is 0 Å². The highest BCUT2D eigenvalue weighted by Gasteiger charge is 2.37. The normalized spacial score (nSPS) is 14.0. The van der Waals surface area contributed by atoms with Gasteiger partial charge in [0, 0.05) is 16.9 Å². The van der Waals surface area contributed by atoms with E-state index in [1.165, 1.54) is 11.3 Å². The summed E-state index contributed by atoms with van der Waals surface area (Å²) >= 11 is 1.19. The van der Waals surface area contributed by atoms with Crippen LogP contribution in [-0.2, 0) is 17.5 Å². The summed E-state index contributed by atoms with van der Waals surface area (Å²) in [4.78, 5) is 28.9. The van der Waals surface area contributed by atoms with E-state index < -0.39 is 29.8 Å². The summed E-state index contributed by atoms with van der Waals surface area (Å²) in [5, 5.41) is 8.56. The number of aromatic nitrogens is 3. The van der Waals surface area contributed by atoms with Crippen molar-refractivity contribution in [3.05, 3.63) is 62.9 Å². The van der Waals surface area contributed by atoms with E-state index >= 15 is 0 Å². The van der Waals surface area contributed by atoms with Gasteiger partial charge in [-0.1, -0.05) is 29.8 Å². The number of halogens is 3. The minimum atomic E-state index is -4.81. The predicted molar refractivity (Wildman–Crippen MR) is 106 cm³/mol. The van der Waals surface area contributed by atoms with E-state index in [9.17, 15) is 22.8 Å². The molecule has 0 bridgehead atoms. The molecule has 6 nitrogen and oxygen atoms in total. The van der Waals surface area contributed by atoms with Crippen LogP contribution < -0.4 is 10.9 Å². The number of anilines is 1. The second-order valence-corrected chi connectivity index (χ2v) is 8.03. The number of aryl methyl sites for hydroxylation is 1. The van der Waals surface area contributed by atoms with Crippen molar-refractivity contribution in [2.75, 3.05) is 5.32 Å².